The Balaban J connectivity index is 2.07. The lowest BCUT2D eigenvalue weighted by Gasteiger charge is -2.04. The highest BCUT2D eigenvalue weighted by Gasteiger charge is 2.07. The molecule has 0 saturated carbocycles. The molecule has 1 aromatic carbocycles. The Morgan fingerprint density at radius 3 is 2.47 bits per heavy atom. The highest BCUT2D eigenvalue weighted by atomic mass is 35.5. The van der Waals surface area contributed by atoms with Crippen molar-refractivity contribution in [2.45, 2.75) is 12.8 Å². The molecule has 88 valence electrons. The molecule has 2 nitrogen and oxygen atoms in total. The van der Waals surface area contributed by atoms with Gasteiger partial charge in [-0.2, -0.15) is 0 Å². The first-order chi connectivity index (χ1) is 8.19. The van der Waals surface area contributed by atoms with Crippen LogP contribution < -0.4 is 5.32 Å². The summed E-state index contributed by atoms with van der Waals surface area (Å²) < 4.78 is 0. The molecular weight excluding hydrogens is 254 g/mol. The van der Waals surface area contributed by atoms with Crippen LogP contribution in [0.15, 0.2) is 36.4 Å². The van der Waals surface area contributed by atoms with Gasteiger partial charge in [0.15, 0.2) is 0 Å². The van der Waals surface area contributed by atoms with Gasteiger partial charge in [0.1, 0.15) is 0 Å². The number of rotatable bonds is 3. The number of nitrogens with one attached hydrogen (secondary N) is 1. The van der Waals surface area contributed by atoms with Crippen LogP contribution in [-0.4, -0.2) is 5.91 Å². The molecule has 0 aliphatic carbocycles. The van der Waals surface area contributed by atoms with Crippen LogP contribution in [0.3, 0.4) is 0 Å². The molecule has 1 amide bonds. The third-order valence-corrected chi connectivity index (χ3v) is 3.64. The number of amides is 1. The molecule has 0 fully saturated rings. The summed E-state index contributed by atoms with van der Waals surface area (Å²) in [4.78, 5) is 13.7. The molecule has 0 atom stereocenters. The van der Waals surface area contributed by atoms with Gasteiger partial charge in [0.05, 0.1) is 4.88 Å². The zero-order valence-corrected chi connectivity index (χ0v) is 10.9. The van der Waals surface area contributed by atoms with Gasteiger partial charge in [0.2, 0.25) is 0 Å². The Morgan fingerprint density at radius 1 is 1.24 bits per heavy atom. The van der Waals surface area contributed by atoms with Crippen molar-refractivity contribution in [2.75, 3.05) is 5.32 Å². The first-order valence-corrected chi connectivity index (χ1v) is 6.57. The number of benzene rings is 1. The number of alkyl halides is 1. The van der Waals surface area contributed by atoms with E-state index in [4.69, 9.17) is 11.6 Å². The van der Waals surface area contributed by atoms with Gasteiger partial charge in [0, 0.05) is 16.4 Å². The van der Waals surface area contributed by atoms with Crippen LogP contribution in [-0.2, 0) is 5.88 Å². The molecule has 0 bridgehead atoms. The molecule has 1 heterocycles. The van der Waals surface area contributed by atoms with Crippen molar-refractivity contribution in [3.63, 3.8) is 0 Å². The fourth-order valence-corrected chi connectivity index (χ4v) is 2.37. The predicted molar refractivity (Wildman–Crippen MR) is 73.0 cm³/mol. The van der Waals surface area contributed by atoms with Gasteiger partial charge in [-0.1, -0.05) is 12.1 Å². The van der Waals surface area contributed by atoms with Crippen LogP contribution in [0.25, 0.3) is 0 Å². The second-order valence-electron chi connectivity index (χ2n) is 3.69. The van der Waals surface area contributed by atoms with Crippen molar-refractivity contribution < 1.29 is 4.79 Å². The fraction of sp³-hybridized carbons (Fsp3) is 0.154. The van der Waals surface area contributed by atoms with Crippen LogP contribution in [0, 0.1) is 6.92 Å². The Kier molecular flexibility index (Phi) is 3.82. The highest BCUT2D eigenvalue weighted by Crippen LogP contribution is 2.17. The standard InChI is InChI=1S/C13H12ClNOS/c1-9-2-7-12(17-9)13(16)15-11-5-3-10(8-14)4-6-11/h2-7H,8H2,1H3,(H,15,16). The molecule has 17 heavy (non-hydrogen) atoms. The van der Waals surface area contributed by atoms with E-state index in [-0.39, 0.29) is 5.91 Å². The van der Waals surface area contributed by atoms with E-state index in [1.165, 1.54) is 11.3 Å². The zero-order valence-electron chi connectivity index (χ0n) is 9.37. The fourth-order valence-electron chi connectivity index (χ4n) is 1.43. The number of hydrogen-bond acceptors (Lipinski definition) is 2. The summed E-state index contributed by atoms with van der Waals surface area (Å²) in [6.07, 6.45) is 0. The van der Waals surface area contributed by atoms with E-state index < -0.39 is 0 Å². The van der Waals surface area contributed by atoms with Crippen molar-refractivity contribution >= 4 is 34.5 Å². The SMILES string of the molecule is Cc1ccc(C(=O)Nc2ccc(CCl)cc2)s1. The summed E-state index contributed by atoms with van der Waals surface area (Å²) in [6, 6.07) is 11.3. The summed E-state index contributed by atoms with van der Waals surface area (Å²) in [6.45, 7) is 1.98. The molecule has 2 rings (SSSR count). The van der Waals surface area contributed by atoms with Gasteiger partial charge < -0.3 is 5.32 Å². The Morgan fingerprint density at radius 2 is 1.94 bits per heavy atom. The Labute approximate surface area is 109 Å². The number of carbonyl (C=O) groups excluding carboxylic acids is 1. The average molecular weight is 266 g/mol. The molecule has 0 unspecified atom stereocenters. The topological polar surface area (TPSA) is 29.1 Å². The van der Waals surface area contributed by atoms with Gasteiger partial charge in [-0.05, 0) is 36.8 Å². The number of hydrogen-bond donors (Lipinski definition) is 1. The molecule has 4 heteroatoms. The first kappa shape index (κ1) is 12.1. The number of anilines is 1. The summed E-state index contributed by atoms with van der Waals surface area (Å²) in [5, 5.41) is 2.85. The molecule has 0 aliphatic rings. The minimum absolute atomic E-state index is 0.0678. The molecule has 1 N–H and O–H groups in total. The molecule has 1 aromatic heterocycles. The second kappa shape index (κ2) is 5.34. The van der Waals surface area contributed by atoms with Crippen LogP contribution in [0.1, 0.15) is 20.1 Å². The van der Waals surface area contributed by atoms with Crippen LogP contribution in [0.5, 0.6) is 0 Å². The van der Waals surface area contributed by atoms with E-state index in [1.54, 1.807) is 0 Å². The maximum Gasteiger partial charge on any atom is 0.265 e. The molecule has 0 spiro atoms. The Hall–Kier alpha value is -1.32. The first-order valence-electron chi connectivity index (χ1n) is 5.22. The maximum atomic E-state index is 11.9. The van der Waals surface area contributed by atoms with E-state index in [0.717, 1.165) is 21.0 Å². The smallest absolute Gasteiger partial charge is 0.265 e. The molecular formula is C13H12ClNOS. The van der Waals surface area contributed by atoms with E-state index in [0.29, 0.717) is 5.88 Å². The van der Waals surface area contributed by atoms with E-state index >= 15 is 0 Å². The molecule has 0 saturated heterocycles. The number of halogens is 1. The summed E-state index contributed by atoms with van der Waals surface area (Å²) in [7, 11) is 0. The Bertz CT molecular complexity index is 518. The second-order valence-corrected chi connectivity index (χ2v) is 5.25. The average Bonchev–Trinajstić information content (AvgIpc) is 2.77. The van der Waals surface area contributed by atoms with Crippen molar-refractivity contribution in [3.05, 3.63) is 51.7 Å². The predicted octanol–water partition coefficient (Wildman–Crippen LogP) is 4.05. The van der Waals surface area contributed by atoms with Gasteiger partial charge in [-0.25, -0.2) is 0 Å². The molecule has 0 aliphatic heterocycles. The monoisotopic (exact) mass is 265 g/mol. The summed E-state index contributed by atoms with van der Waals surface area (Å²) in [5.41, 5.74) is 1.83. The van der Waals surface area contributed by atoms with Crippen molar-refractivity contribution in [1.82, 2.24) is 0 Å². The highest BCUT2D eigenvalue weighted by molar-refractivity contribution is 7.14. The van der Waals surface area contributed by atoms with Gasteiger partial charge in [-0.3, -0.25) is 4.79 Å². The van der Waals surface area contributed by atoms with Crippen molar-refractivity contribution in [1.29, 1.82) is 0 Å². The molecule has 2 aromatic rings. The van der Waals surface area contributed by atoms with Gasteiger partial charge in [-0.15, -0.1) is 22.9 Å². The van der Waals surface area contributed by atoms with E-state index in [1.807, 2.05) is 43.3 Å². The summed E-state index contributed by atoms with van der Waals surface area (Å²) in [5.74, 6) is 0.417. The normalized spacial score (nSPS) is 10.2. The van der Waals surface area contributed by atoms with Crippen LogP contribution in [0.4, 0.5) is 5.69 Å². The third kappa shape index (κ3) is 3.08. The largest absolute Gasteiger partial charge is 0.321 e. The maximum absolute atomic E-state index is 11.9. The minimum atomic E-state index is -0.0678. The lowest BCUT2D eigenvalue weighted by Crippen LogP contribution is -2.09. The lowest BCUT2D eigenvalue weighted by molar-refractivity contribution is 0.103. The third-order valence-electron chi connectivity index (χ3n) is 2.33. The number of thiophene rings is 1. The van der Waals surface area contributed by atoms with Crippen molar-refractivity contribution in [2.24, 2.45) is 0 Å². The quantitative estimate of drug-likeness (QED) is 0.834. The van der Waals surface area contributed by atoms with Crippen molar-refractivity contribution in [3.8, 4) is 0 Å². The van der Waals surface area contributed by atoms with Gasteiger partial charge >= 0.3 is 0 Å². The number of aryl methyl sites for hydroxylation is 1. The van der Waals surface area contributed by atoms with E-state index in [9.17, 15) is 4.79 Å². The van der Waals surface area contributed by atoms with Crippen LogP contribution in [0.2, 0.25) is 0 Å². The lowest BCUT2D eigenvalue weighted by atomic mass is 10.2. The van der Waals surface area contributed by atoms with Crippen LogP contribution >= 0.6 is 22.9 Å². The van der Waals surface area contributed by atoms with E-state index in [2.05, 4.69) is 5.32 Å². The molecule has 0 radical (unpaired) electrons. The van der Waals surface area contributed by atoms with Gasteiger partial charge in [0.25, 0.3) is 5.91 Å². The zero-order chi connectivity index (χ0) is 12.3. The summed E-state index contributed by atoms with van der Waals surface area (Å²) >= 11 is 7.19. The minimum Gasteiger partial charge on any atom is -0.321 e. The number of carbonyl (C=O) groups is 1.